The lowest BCUT2D eigenvalue weighted by atomic mass is 10.0. The second-order valence-corrected chi connectivity index (χ2v) is 3.11. The largest absolute Gasteiger partial charge is 0.330 e. The summed E-state index contributed by atoms with van der Waals surface area (Å²) in [6.07, 6.45) is 2.41. The Morgan fingerprint density at radius 3 is 2.30 bits per heavy atom. The molecule has 0 spiro atoms. The summed E-state index contributed by atoms with van der Waals surface area (Å²) in [5.74, 6) is 0.792. The summed E-state index contributed by atoms with van der Waals surface area (Å²) >= 11 is 0. The van der Waals surface area contributed by atoms with Gasteiger partial charge in [0, 0.05) is 6.54 Å². The van der Waals surface area contributed by atoms with Gasteiger partial charge in [-0.05, 0) is 33.0 Å². The normalized spacial score (nSPS) is 14.1. The molecule has 0 rings (SSSR count). The molecule has 2 N–H and O–H groups in total. The molecule has 2 nitrogen and oxygen atoms in total. The highest BCUT2D eigenvalue weighted by Crippen LogP contribution is 2.06. The standard InChI is InChI=1S/C8H20N2/c1-4-8(5-6-9)7-10(2)3/h8H,4-7,9H2,1-3H3. The smallest absolute Gasteiger partial charge is 0.000393 e. The maximum atomic E-state index is 5.46. The van der Waals surface area contributed by atoms with E-state index in [1.54, 1.807) is 0 Å². The SMILES string of the molecule is CCC(CCN)CN(C)C. The summed E-state index contributed by atoms with van der Waals surface area (Å²) in [6.45, 7) is 4.23. The molecule has 0 aliphatic rings. The Bertz CT molecular complexity index is 71.7. The van der Waals surface area contributed by atoms with E-state index >= 15 is 0 Å². The highest BCUT2D eigenvalue weighted by Gasteiger charge is 2.04. The van der Waals surface area contributed by atoms with Gasteiger partial charge < -0.3 is 10.6 Å². The Hall–Kier alpha value is -0.0800. The van der Waals surface area contributed by atoms with Gasteiger partial charge in [-0.1, -0.05) is 13.3 Å². The fourth-order valence-corrected chi connectivity index (χ4v) is 1.18. The zero-order valence-electron chi connectivity index (χ0n) is 7.43. The molecule has 0 amide bonds. The van der Waals surface area contributed by atoms with Crippen molar-refractivity contribution in [3.63, 3.8) is 0 Å². The summed E-state index contributed by atoms with van der Waals surface area (Å²) in [4.78, 5) is 2.23. The molecule has 1 atom stereocenters. The van der Waals surface area contributed by atoms with Crippen molar-refractivity contribution < 1.29 is 0 Å². The second kappa shape index (κ2) is 5.69. The van der Waals surface area contributed by atoms with Crippen molar-refractivity contribution in [2.75, 3.05) is 27.2 Å². The topological polar surface area (TPSA) is 29.3 Å². The van der Waals surface area contributed by atoms with Gasteiger partial charge in [-0.3, -0.25) is 0 Å². The van der Waals surface area contributed by atoms with Crippen molar-refractivity contribution in [3.8, 4) is 0 Å². The van der Waals surface area contributed by atoms with Crippen molar-refractivity contribution in [3.05, 3.63) is 0 Å². The molecule has 0 aromatic carbocycles. The molecule has 0 aromatic heterocycles. The predicted octanol–water partition coefficient (Wildman–Crippen LogP) is 0.923. The van der Waals surface area contributed by atoms with Crippen LogP contribution in [0.15, 0.2) is 0 Å². The van der Waals surface area contributed by atoms with Crippen molar-refractivity contribution in [1.82, 2.24) is 4.90 Å². The monoisotopic (exact) mass is 144 g/mol. The van der Waals surface area contributed by atoms with Gasteiger partial charge in [0.25, 0.3) is 0 Å². The van der Waals surface area contributed by atoms with Crippen LogP contribution in [0.1, 0.15) is 19.8 Å². The number of rotatable bonds is 5. The third-order valence-corrected chi connectivity index (χ3v) is 1.78. The van der Waals surface area contributed by atoms with E-state index in [4.69, 9.17) is 5.73 Å². The first-order chi connectivity index (χ1) is 4.70. The van der Waals surface area contributed by atoms with Gasteiger partial charge in [0.2, 0.25) is 0 Å². The highest BCUT2D eigenvalue weighted by molar-refractivity contribution is 4.60. The van der Waals surface area contributed by atoms with E-state index in [1.165, 1.54) is 13.0 Å². The van der Waals surface area contributed by atoms with E-state index in [1.807, 2.05) is 0 Å². The molecule has 0 bridgehead atoms. The van der Waals surface area contributed by atoms with Gasteiger partial charge in [-0.2, -0.15) is 0 Å². The summed E-state index contributed by atoms with van der Waals surface area (Å²) in [7, 11) is 4.22. The van der Waals surface area contributed by atoms with Crippen LogP contribution >= 0.6 is 0 Å². The van der Waals surface area contributed by atoms with Crippen LogP contribution in [0.2, 0.25) is 0 Å². The fraction of sp³-hybridized carbons (Fsp3) is 1.00. The quantitative estimate of drug-likeness (QED) is 0.622. The number of nitrogens with zero attached hydrogens (tertiary/aromatic N) is 1. The Labute approximate surface area is 64.4 Å². The minimum Gasteiger partial charge on any atom is -0.330 e. The van der Waals surface area contributed by atoms with Crippen molar-refractivity contribution >= 4 is 0 Å². The first kappa shape index (κ1) is 9.92. The zero-order chi connectivity index (χ0) is 7.98. The van der Waals surface area contributed by atoms with Gasteiger partial charge in [0.1, 0.15) is 0 Å². The van der Waals surface area contributed by atoms with Crippen LogP contribution < -0.4 is 5.73 Å². The Balaban J connectivity index is 3.39. The number of nitrogens with two attached hydrogens (primary N) is 1. The minimum absolute atomic E-state index is 0.792. The zero-order valence-corrected chi connectivity index (χ0v) is 7.43. The third kappa shape index (κ3) is 4.77. The van der Waals surface area contributed by atoms with Crippen molar-refractivity contribution in [2.24, 2.45) is 11.7 Å². The molecular formula is C8H20N2. The van der Waals surface area contributed by atoms with Gasteiger partial charge in [0.15, 0.2) is 0 Å². The van der Waals surface area contributed by atoms with Crippen LogP contribution in [0.3, 0.4) is 0 Å². The Morgan fingerprint density at radius 2 is 2.00 bits per heavy atom. The Morgan fingerprint density at radius 1 is 1.40 bits per heavy atom. The lowest BCUT2D eigenvalue weighted by Gasteiger charge is -2.18. The van der Waals surface area contributed by atoms with Gasteiger partial charge in [-0.15, -0.1) is 0 Å². The van der Waals surface area contributed by atoms with Crippen LogP contribution in [0, 0.1) is 5.92 Å². The van der Waals surface area contributed by atoms with E-state index in [0.29, 0.717) is 0 Å². The maximum absolute atomic E-state index is 5.46. The van der Waals surface area contributed by atoms with Gasteiger partial charge in [0.05, 0.1) is 0 Å². The first-order valence-electron chi connectivity index (χ1n) is 4.05. The molecule has 2 heteroatoms. The molecule has 0 heterocycles. The van der Waals surface area contributed by atoms with E-state index in [9.17, 15) is 0 Å². The molecule has 0 aromatic rings. The average Bonchev–Trinajstić information content (AvgIpc) is 1.86. The molecule has 62 valence electrons. The number of hydrogen-bond acceptors (Lipinski definition) is 2. The predicted molar refractivity (Wildman–Crippen MR) is 46.0 cm³/mol. The molecular weight excluding hydrogens is 124 g/mol. The van der Waals surface area contributed by atoms with Crippen LogP contribution in [0.4, 0.5) is 0 Å². The number of hydrogen-bond donors (Lipinski definition) is 1. The maximum Gasteiger partial charge on any atom is 0.000393 e. The van der Waals surface area contributed by atoms with Crippen LogP contribution in [-0.2, 0) is 0 Å². The molecule has 0 fully saturated rings. The minimum atomic E-state index is 0.792. The van der Waals surface area contributed by atoms with Crippen LogP contribution in [0.5, 0.6) is 0 Å². The van der Waals surface area contributed by atoms with E-state index in [-0.39, 0.29) is 0 Å². The van der Waals surface area contributed by atoms with E-state index in [2.05, 4.69) is 25.9 Å². The van der Waals surface area contributed by atoms with Crippen LogP contribution in [0.25, 0.3) is 0 Å². The highest BCUT2D eigenvalue weighted by atomic mass is 15.1. The first-order valence-corrected chi connectivity index (χ1v) is 4.05. The van der Waals surface area contributed by atoms with Crippen LogP contribution in [-0.4, -0.2) is 32.1 Å². The third-order valence-electron chi connectivity index (χ3n) is 1.78. The summed E-state index contributed by atoms with van der Waals surface area (Å²) < 4.78 is 0. The second-order valence-electron chi connectivity index (χ2n) is 3.11. The molecule has 1 unspecified atom stereocenters. The average molecular weight is 144 g/mol. The van der Waals surface area contributed by atoms with Gasteiger partial charge >= 0.3 is 0 Å². The lowest BCUT2D eigenvalue weighted by Crippen LogP contribution is -2.23. The molecule has 10 heavy (non-hydrogen) atoms. The summed E-state index contributed by atoms with van der Waals surface area (Å²) in [6, 6.07) is 0. The summed E-state index contributed by atoms with van der Waals surface area (Å²) in [5, 5.41) is 0. The summed E-state index contributed by atoms with van der Waals surface area (Å²) in [5.41, 5.74) is 5.46. The van der Waals surface area contributed by atoms with E-state index < -0.39 is 0 Å². The van der Waals surface area contributed by atoms with Gasteiger partial charge in [-0.25, -0.2) is 0 Å². The molecule has 0 saturated carbocycles. The lowest BCUT2D eigenvalue weighted by molar-refractivity contribution is 0.308. The molecule has 0 aliphatic carbocycles. The van der Waals surface area contributed by atoms with Crippen molar-refractivity contribution in [1.29, 1.82) is 0 Å². The Kier molecular flexibility index (Phi) is 5.64. The van der Waals surface area contributed by atoms with E-state index in [0.717, 1.165) is 18.9 Å². The molecule has 0 saturated heterocycles. The molecule has 0 radical (unpaired) electrons. The molecule has 0 aliphatic heterocycles. The van der Waals surface area contributed by atoms with Crippen molar-refractivity contribution in [2.45, 2.75) is 19.8 Å². The fourth-order valence-electron chi connectivity index (χ4n) is 1.18.